The van der Waals surface area contributed by atoms with E-state index in [2.05, 4.69) is 10.3 Å². The molecule has 0 saturated carbocycles. The number of benzene rings is 1. The predicted octanol–water partition coefficient (Wildman–Crippen LogP) is 2.28. The number of methoxy groups -OCH3 is 1. The molecule has 0 atom stereocenters. The van der Waals surface area contributed by atoms with Crippen LogP contribution in [0.4, 0.5) is 11.5 Å². The van der Waals surface area contributed by atoms with E-state index in [-0.39, 0.29) is 0 Å². The van der Waals surface area contributed by atoms with Gasteiger partial charge in [-0.15, -0.1) is 0 Å². The molecule has 88 valence electrons. The lowest BCUT2D eigenvalue weighted by molar-refractivity contribution is 0.416. The lowest BCUT2D eigenvalue weighted by Crippen LogP contribution is -2.05. The van der Waals surface area contributed by atoms with Crippen LogP contribution in [0.25, 0.3) is 0 Å². The molecule has 0 aliphatic carbocycles. The average molecular weight is 229 g/mol. The van der Waals surface area contributed by atoms with E-state index in [9.17, 15) is 0 Å². The number of nitrogens with two attached hydrogens (primary N) is 1. The fourth-order valence-electron chi connectivity index (χ4n) is 1.56. The Hall–Kier alpha value is -2.23. The van der Waals surface area contributed by atoms with E-state index in [1.165, 1.54) is 5.56 Å². The van der Waals surface area contributed by atoms with Crippen LogP contribution >= 0.6 is 0 Å². The van der Waals surface area contributed by atoms with E-state index in [0.29, 0.717) is 23.8 Å². The maximum absolute atomic E-state index is 5.91. The summed E-state index contributed by atoms with van der Waals surface area (Å²) in [6.07, 6.45) is 1.67. The number of nitrogens with zero attached hydrogens (tertiary/aromatic N) is 1. The standard InChI is InChI=1S/C13H15N3O/c1-17-11-7-8-15-13(12(11)14)16-9-10-5-3-2-4-6-10/h2-8H,9,14H2,1H3,(H,15,16). The van der Waals surface area contributed by atoms with Gasteiger partial charge < -0.3 is 15.8 Å². The first-order chi connectivity index (χ1) is 8.31. The lowest BCUT2D eigenvalue weighted by atomic mass is 10.2. The second-order valence-corrected chi connectivity index (χ2v) is 3.61. The first kappa shape index (κ1) is 11.3. The zero-order valence-electron chi connectivity index (χ0n) is 9.68. The summed E-state index contributed by atoms with van der Waals surface area (Å²) in [4.78, 5) is 4.19. The Labute approximate surface area is 100 Å². The predicted molar refractivity (Wildman–Crippen MR) is 69.0 cm³/mol. The van der Waals surface area contributed by atoms with Gasteiger partial charge in [0.25, 0.3) is 0 Å². The highest BCUT2D eigenvalue weighted by atomic mass is 16.5. The molecule has 0 unspecified atom stereocenters. The summed E-state index contributed by atoms with van der Waals surface area (Å²) in [5.74, 6) is 1.28. The number of nitrogens with one attached hydrogen (secondary N) is 1. The first-order valence-corrected chi connectivity index (χ1v) is 5.37. The molecule has 2 rings (SSSR count). The number of pyridine rings is 1. The molecule has 1 heterocycles. The van der Waals surface area contributed by atoms with Gasteiger partial charge in [-0.05, 0) is 5.56 Å². The molecule has 1 aromatic carbocycles. The van der Waals surface area contributed by atoms with Crippen LogP contribution in [0.1, 0.15) is 5.56 Å². The average Bonchev–Trinajstić information content (AvgIpc) is 2.39. The van der Waals surface area contributed by atoms with Crippen molar-refractivity contribution in [2.75, 3.05) is 18.2 Å². The van der Waals surface area contributed by atoms with E-state index in [4.69, 9.17) is 10.5 Å². The van der Waals surface area contributed by atoms with Crippen molar-refractivity contribution in [3.8, 4) is 5.75 Å². The molecule has 0 fully saturated rings. The Balaban J connectivity index is 2.09. The smallest absolute Gasteiger partial charge is 0.153 e. The summed E-state index contributed by atoms with van der Waals surface area (Å²) in [6.45, 7) is 0.686. The van der Waals surface area contributed by atoms with Crippen molar-refractivity contribution in [2.24, 2.45) is 0 Å². The Morgan fingerprint density at radius 3 is 2.71 bits per heavy atom. The molecule has 3 N–H and O–H groups in total. The zero-order chi connectivity index (χ0) is 12.1. The summed E-state index contributed by atoms with van der Waals surface area (Å²) in [7, 11) is 1.59. The molecule has 0 radical (unpaired) electrons. The van der Waals surface area contributed by atoms with Crippen LogP contribution in [0.15, 0.2) is 42.6 Å². The highest BCUT2D eigenvalue weighted by Gasteiger charge is 2.05. The molecule has 0 aliphatic rings. The van der Waals surface area contributed by atoms with Crippen LogP contribution in [-0.4, -0.2) is 12.1 Å². The molecular weight excluding hydrogens is 214 g/mol. The van der Waals surface area contributed by atoms with Crippen molar-refractivity contribution in [3.05, 3.63) is 48.2 Å². The maximum atomic E-state index is 5.91. The molecule has 1 aromatic heterocycles. The molecule has 0 aliphatic heterocycles. The Bertz CT molecular complexity index is 485. The van der Waals surface area contributed by atoms with Crippen molar-refractivity contribution in [2.45, 2.75) is 6.54 Å². The van der Waals surface area contributed by atoms with E-state index in [1.807, 2.05) is 30.3 Å². The molecule has 2 aromatic rings. The van der Waals surface area contributed by atoms with Crippen LogP contribution in [0.5, 0.6) is 5.75 Å². The third kappa shape index (κ3) is 2.66. The first-order valence-electron chi connectivity index (χ1n) is 5.37. The topological polar surface area (TPSA) is 60.2 Å². The number of anilines is 2. The molecule has 17 heavy (non-hydrogen) atoms. The van der Waals surface area contributed by atoms with E-state index >= 15 is 0 Å². The number of hydrogen-bond donors (Lipinski definition) is 2. The van der Waals surface area contributed by atoms with Gasteiger partial charge in [0.15, 0.2) is 5.82 Å². The zero-order valence-corrected chi connectivity index (χ0v) is 9.68. The van der Waals surface area contributed by atoms with Gasteiger partial charge in [-0.3, -0.25) is 0 Å². The summed E-state index contributed by atoms with van der Waals surface area (Å²) >= 11 is 0. The van der Waals surface area contributed by atoms with Crippen molar-refractivity contribution in [1.82, 2.24) is 4.98 Å². The Morgan fingerprint density at radius 1 is 1.24 bits per heavy atom. The van der Waals surface area contributed by atoms with Crippen molar-refractivity contribution in [3.63, 3.8) is 0 Å². The maximum Gasteiger partial charge on any atom is 0.153 e. The van der Waals surface area contributed by atoms with E-state index < -0.39 is 0 Å². The van der Waals surface area contributed by atoms with Crippen molar-refractivity contribution in [1.29, 1.82) is 0 Å². The van der Waals surface area contributed by atoms with E-state index in [0.717, 1.165) is 0 Å². The van der Waals surface area contributed by atoms with Gasteiger partial charge in [0.1, 0.15) is 11.4 Å². The third-order valence-corrected chi connectivity index (χ3v) is 2.47. The molecule has 0 bridgehead atoms. The van der Waals surface area contributed by atoms with Crippen molar-refractivity contribution < 1.29 is 4.74 Å². The van der Waals surface area contributed by atoms with Gasteiger partial charge in [0, 0.05) is 18.8 Å². The van der Waals surface area contributed by atoms with Gasteiger partial charge in [0.2, 0.25) is 0 Å². The molecule has 0 spiro atoms. The minimum Gasteiger partial charge on any atom is -0.494 e. The highest BCUT2D eigenvalue weighted by Crippen LogP contribution is 2.26. The normalized spacial score (nSPS) is 9.94. The molecular formula is C13H15N3O. The number of nitrogen functional groups attached to an aromatic ring is 1. The molecule has 4 nitrogen and oxygen atoms in total. The Morgan fingerprint density at radius 2 is 2.00 bits per heavy atom. The van der Waals surface area contributed by atoms with Crippen LogP contribution < -0.4 is 15.8 Å². The quantitative estimate of drug-likeness (QED) is 0.844. The summed E-state index contributed by atoms with van der Waals surface area (Å²) in [5, 5.41) is 3.19. The SMILES string of the molecule is COc1ccnc(NCc2ccccc2)c1N. The number of hydrogen-bond acceptors (Lipinski definition) is 4. The minimum atomic E-state index is 0.533. The van der Waals surface area contributed by atoms with Gasteiger partial charge in [0.05, 0.1) is 7.11 Å². The van der Waals surface area contributed by atoms with Gasteiger partial charge in [-0.1, -0.05) is 30.3 Å². The second kappa shape index (κ2) is 5.21. The summed E-state index contributed by atoms with van der Waals surface area (Å²) in [6, 6.07) is 11.8. The summed E-state index contributed by atoms with van der Waals surface area (Å²) < 4.78 is 5.13. The van der Waals surface area contributed by atoms with Gasteiger partial charge >= 0.3 is 0 Å². The van der Waals surface area contributed by atoms with Crippen LogP contribution in [0.3, 0.4) is 0 Å². The number of rotatable bonds is 4. The largest absolute Gasteiger partial charge is 0.494 e. The van der Waals surface area contributed by atoms with Gasteiger partial charge in [-0.2, -0.15) is 0 Å². The van der Waals surface area contributed by atoms with Gasteiger partial charge in [-0.25, -0.2) is 4.98 Å². The number of aromatic nitrogens is 1. The fourth-order valence-corrected chi connectivity index (χ4v) is 1.56. The van der Waals surface area contributed by atoms with Crippen molar-refractivity contribution >= 4 is 11.5 Å². The Kier molecular flexibility index (Phi) is 3.45. The molecule has 0 saturated heterocycles. The van der Waals surface area contributed by atoms with Crippen LogP contribution in [0, 0.1) is 0 Å². The summed E-state index contributed by atoms with van der Waals surface area (Å²) in [5.41, 5.74) is 7.62. The van der Waals surface area contributed by atoms with Crippen LogP contribution in [-0.2, 0) is 6.54 Å². The lowest BCUT2D eigenvalue weighted by Gasteiger charge is -2.10. The molecule has 4 heteroatoms. The van der Waals surface area contributed by atoms with Crippen LogP contribution in [0.2, 0.25) is 0 Å². The minimum absolute atomic E-state index is 0.533. The fraction of sp³-hybridized carbons (Fsp3) is 0.154. The monoisotopic (exact) mass is 229 g/mol. The highest BCUT2D eigenvalue weighted by molar-refractivity contribution is 5.68. The third-order valence-electron chi connectivity index (χ3n) is 2.47. The molecule has 0 amide bonds. The number of ether oxygens (including phenoxy) is 1. The van der Waals surface area contributed by atoms with E-state index in [1.54, 1.807) is 19.4 Å². The second-order valence-electron chi connectivity index (χ2n) is 3.61.